The fourth-order valence-electron chi connectivity index (χ4n) is 2.76. The molecule has 1 aromatic heterocycles. The Labute approximate surface area is 173 Å². The van der Waals surface area contributed by atoms with Crippen molar-refractivity contribution >= 4 is 41.3 Å². The highest BCUT2D eigenvalue weighted by molar-refractivity contribution is 14.0. The van der Waals surface area contributed by atoms with Gasteiger partial charge in [0.15, 0.2) is 5.96 Å². The van der Waals surface area contributed by atoms with Gasteiger partial charge in [0, 0.05) is 38.1 Å². The number of halogens is 4. The van der Waals surface area contributed by atoms with E-state index in [1.807, 2.05) is 18.4 Å². The van der Waals surface area contributed by atoms with Crippen LogP contribution in [0.3, 0.4) is 0 Å². The molecule has 2 N–H and O–H groups in total. The normalized spacial score (nSPS) is 20.3. The summed E-state index contributed by atoms with van der Waals surface area (Å²) in [6, 6.07) is 4.22. The van der Waals surface area contributed by atoms with Gasteiger partial charge in [-0.2, -0.15) is 13.2 Å². The van der Waals surface area contributed by atoms with Gasteiger partial charge in [0.25, 0.3) is 0 Å². The SMILES string of the molecule is CN=C(NCCC(F)(F)F)NCC(c1cccs1)N1CCOC(C)C1.I. The number of hydrogen-bond acceptors (Lipinski definition) is 4. The van der Waals surface area contributed by atoms with E-state index >= 15 is 0 Å². The third-order valence-electron chi connectivity index (χ3n) is 3.97. The van der Waals surface area contributed by atoms with Crippen molar-refractivity contribution < 1.29 is 17.9 Å². The number of thiophene rings is 1. The molecule has 26 heavy (non-hydrogen) atoms. The van der Waals surface area contributed by atoms with Crippen LogP contribution in [0, 0.1) is 0 Å². The molecule has 10 heteroatoms. The number of nitrogens with zero attached hydrogens (tertiary/aromatic N) is 2. The zero-order valence-corrected chi connectivity index (χ0v) is 18.0. The number of morpholine rings is 1. The zero-order chi connectivity index (χ0) is 18.3. The largest absolute Gasteiger partial charge is 0.390 e. The van der Waals surface area contributed by atoms with Crippen LogP contribution in [-0.2, 0) is 4.74 Å². The first-order valence-corrected chi connectivity index (χ1v) is 9.17. The van der Waals surface area contributed by atoms with Gasteiger partial charge < -0.3 is 15.4 Å². The molecule has 0 aliphatic carbocycles. The van der Waals surface area contributed by atoms with Gasteiger partial charge in [-0.25, -0.2) is 0 Å². The number of rotatable bonds is 6. The average molecular weight is 506 g/mol. The summed E-state index contributed by atoms with van der Waals surface area (Å²) in [5.41, 5.74) is 0. The Kier molecular flexibility index (Phi) is 10.2. The third-order valence-corrected chi connectivity index (χ3v) is 4.95. The van der Waals surface area contributed by atoms with Gasteiger partial charge in [-0.15, -0.1) is 35.3 Å². The molecule has 1 aliphatic rings. The van der Waals surface area contributed by atoms with Crippen LogP contribution in [0.25, 0.3) is 0 Å². The molecule has 2 unspecified atom stereocenters. The second-order valence-electron chi connectivity index (χ2n) is 5.95. The standard InChI is InChI=1S/C16H25F3N4OS.HI/c1-12-11-23(7-8-24-12)13(14-4-3-9-25-14)10-22-15(20-2)21-6-5-16(17,18)19;/h3-4,9,12-13H,5-8,10-11H2,1-2H3,(H2,20,21,22);1H. The van der Waals surface area contributed by atoms with E-state index in [2.05, 4.69) is 26.6 Å². The summed E-state index contributed by atoms with van der Waals surface area (Å²) in [5.74, 6) is 0.382. The van der Waals surface area contributed by atoms with Crippen molar-refractivity contribution in [1.29, 1.82) is 0 Å². The maximum absolute atomic E-state index is 12.3. The lowest BCUT2D eigenvalue weighted by Gasteiger charge is -2.37. The van der Waals surface area contributed by atoms with E-state index in [1.54, 1.807) is 18.4 Å². The van der Waals surface area contributed by atoms with Crippen LogP contribution in [0.1, 0.15) is 24.3 Å². The second-order valence-corrected chi connectivity index (χ2v) is 6.93. The molecular formula is C16H26F3IN4OS. The van der Waals surface area contributed by atoms with Crippen molar-refractivity contribution in [2.45, 2.75) is 31.7 Å². The molecule has 2 atom stereocenters. The average Bonchev–Trinajstić information content (AvgIpc) is 3.06. The van der Waals surface area contributed by atoms with Crippen LogP contribution < -0.4 is 10.6 Å². The van der Waals surface area contributed by atoms with Crippen molar-refractivity contribution in [1.82, 2.24) is 15.5 Å². The van der Waals surface area contributed by atoms with Crippen molar-refractivity contribution in [3.63, 3.8) is 0 Å². The minimum absolute atomic E-state index is 0. The van der Waals surface area contributed by atoms with E-state index < -0.39 is 12.6 Å². The van der Waals surface area contributed by atoms with Gasteiger partial charge in [-0.1, -0.05) is 6.07 Å². The molecule has 1 aliphatic heterocycles. The second kappa shape index (κ2) is 11.3. The summed E-state index contributed by atoms with van der Waals surface area (Å²) >= 11 is 1.67. The molecule has 2 rings (SSSR count). The number of aliphatic imine (C=N–C) groups is 1. The Balaban J connectivity index is 0.00000338. The fraction of sp³-hybridized carbons (Fsp3) is 0.688. The summed E-state index contributed by atoms with van der Waals surface area (Å²) in [6.45, 7) is 4.75. The highest BCUT2D eigenvalue weighted by Gasteiger charge is 2.28. The maximum Gasteiger partial charge on any atom is 0.390 e. The summed E-state index contributed by atoms with van der Waals surface area (Å²) in [5, 5.41) is 7.90. The highest BCUT2D eigenvalue weighted by Crippen LogP contribution is 2.26. The van der Waals surface area contributed by atoms with Crippen molar-refractivity contribution in [3.05, 3.63) is 22.4 Å². The van der Waals surface area contributed by atoms with Gasteiger partial charge in [-0.3, -0.25) is 9.89 Å². The Hall–Kier alpha value is -0.590. The molecule has 0 bridgehead atoms. The van der Waals surface area contributed by atoms with Gasteiger partial charge in [0.1, 0.15) is 0 Å². The molecule has 2 heterocycles. The van der Waals surface area contributed by atoms with E-state index in [0.717, 1.165) is 13.1 Å². The Morgan fingerprint density at radius 1 is 1.46 bits per heavy atom. The summed E-state index contributed by atoms with van der Waals surface area (Å²) in [6.07, 6.45) is -4.89. The molecule has 5 nitrogen and oxygen atoms in total. The highest BCUT2D eigenvalue weighted by atomic mass is 127. The number of guanidine groups is 1. The summed E-state index contributed by atoms with van der Waals surface area (Å²) < 4.78 is 42.4. The van der Waals surface area contributed by atoms with Crippen LogP contribution in [0.4, 0.5) is 13.2 Å². The van der Waals surface area contributed by atoms with Crippen molar-refractivity contribution in [2.24, 2.45) is 4.99 Å². The molecule has 1 saturated heterocycles. The molecule has 0 aromatic carbocycles. The zero-order valence-electron chi connectivity index (χ0n) is 14.9. The molecule has 150 valence electrons. The molecule has 1 fully saturated rings. The minimum atomic E-state index is -4.17. The first-order chi connectivity index (χ1) is 11.9. The van der Waals surface area contributed by atoms with Crippen LogP contribution in [0.15, 0.2) is 22.5 Å². The quantitative estimate of drug-likeness (QED) is 0.354. The lowest BCUT2D eigenvalue weighted by molar-refractivity contribution is -0.132. The minimum Gasteiger partial charge on any atom is -0.376 e. The molecule has 1 aromatic rings. The number of ether oxygens (including phenoxy) is 1. The van der Waals surface area contributed by atoms with Crippen LogP contribution in [0.2, 0.25) is 0 Å². The van der Waals surface area contributed by atoms with Crippen LogP contribution in [0.5, 0.6) is 0 Å². The van der Waals surface area contributed by atoms with Crippen molar-refractivity contribution in [2.75, 3.05) is 39.8 Å². The third kappa shape index (κ3) is 7.97. The van der Waals surface area contributed by atoms with E-state index in [9.17, 15) is 13.2 Å². The molecule has 0 radical (unpaired) electrons. The van der Waals surface area contributed by atoms with E-state index in [4.69, 9.17) is 4.74 Å². The Bertz CT molecular complexity index is 542. The first kappa shape index (κ1) is 23.4. The smallest absolute Gasteiger partial charge is 0.376 e. The van der Waals surface area contributed by atoms with Crippen molar-refractivity contribution in [3.8, 4) is 0 Å². The lowest BCUT2D eigenvalue weighted by Crippen LogP contribution is -2.48. The van der Waals surface area contributed by atoms with Gasteiger partial charge >= 0.3 is 6.18 Å². The number of alkyl halides is 3. The molecule has 0 amide bonds. The number of nitrogens with one attached hydrogen (secondary N) is 2. The summed E-state index contributed by atoms with van der Waals surface area (Å²) in [7, 11) is 1.56. The maximum atomic E-state index is 12.3. The predicted octanol–water partition coefficient (Wildman–Crippen LogP) is 3.25. The van der Waals surface area contributed by atoms with E-state index in [1.165, 1.54) is 4.88 Å². The fourth-order valence-corrected chi connectivity index (χ4v) is 3.62. The first-order valence-electron chi connectivity index (χ1n) is 8.29. The van der Waals surface area contributed by atoms with Crippen LogP contribution in [-0.4, -0.2) is 63.0 Å². The molecule has 0 spiro atoms. The topological polar surface area (TPSA) is 48.9 Å². The summed E-state index contributed by atoms with van der Waals surface area (Å²) in [4.78, 5) is 7.57. The van der Waals surface area contributed by atoms with Gasteiger partial charge in [0.2, 0.25) is 0 Å². The van der Waals surface area contributed by atoms with E-state index in [0.29, 0.717) is 19.1 Å². The van der Waals surface area contributed by atoms with Crippen LogP contribution >= 0.6 is 35.3 Å². The molecular weight excluding hydrogens is 480 g/mol. The monoisotopic (exact) mass is 506 g/mol. The lowest BCUT2D eigenvalue weighted by atomic mass is 10.1. The predicted molar refractivity (Wildman–Crippen MR) is 109 cm³/mol. The van der Waals surface area contributed by atoms with Gasteiger partial charge in [0.05, 0.1) is 25.2 Å². The number of hydrogen-bond donors (Lipinski definition) is 2. The van der Waals surface area contributed by atoms with Gasteiger partial charge in [-0.05, 0) is 18.4 Å². The Morgan fingerprint density at radius 2 is 2.23 bits per heavy atom. The van der Waals surface area contributed by atoms with E-state index in [-0.39, 0.29) is 42.7 Å². The Morgan fingerprint density at radius 3 is 2.81 bits per heavy atom. The molecule has 0 saturated carbocycles.